The Kier molecular flexibility index (Phi) is 5.63. The van der Waals surface area contributed by atoms with E-state index in [1.165, 1.54) is 33.8 Å². The number of anilines is 2. The topological polar surface area (TPSA) is 134 Å². The van der Waals surface area contributed by atoms with Crippen LogP contribution >= 0.6 is 11.3 Å². The Hall–Kier alpha value is -2.68. The van der Waals surface area contributed by atoms with Crippen molar-refractivity contribution in [3.8, 4) is 6.07 Å². The number of benzene rings is 1. The van der Waals surface area contributed by atoms with Crippen LogP contribution in [0.4, 0.5) is 16.4 Å². The van der Waals surface area contributed by atoms with Crippen molar-refractivity contribution < 1.29 is 13.3 Å². The molecule has 1 atom stereocenters. The number of thiophene rings is 1. The van der Waals surface area contributed by atoms with Gasteiger partial charge in [-0.15, -0.1) is 11.3 Å². The quantitative estimate of drug-likeness (QED) is 0.546. The number of nitro benzene ring substituents is 1. The number of nitriles is 1. The summed E-state index contributed by atoms with van der Waals surface area (Å²) >= 11 is 1.32. The summed E-state index contributed by atoms with van der Waals surface area (Å²) in [5, 5.41) is 21.6. The highest BCUT2D eigenvalue weighted by Crippen LogP contribution is 2.39. The predicted octanol–water partition coefficient (Wildman–Crippen LogP) is 3.09. The molecule has 2 aliphatic heterocycles. The van der Waals surface area contributed by atoms with Gasteiger partial charge < -0.3 is 10.6 Å². The number of sulfonamides is 1. The highest BCUT2D eigenvalue weighted by molar-refractivity contribution is 7.89. The lowest BCUT2D eigenvalue weighted by Crippen LogP contribution is -2.39. The van der Waals surface area contributed by atoms with Gasteiger partial charge in [0.25, 0.3) is 5.69 Å². The summed E-state index contributed by atoms with van der Waals surface area (Å²) in [6.45, 7) is 3.73. The van der Waals surface area contributed by atoms with Gasteiger partial charge in [-0.1, -0.05) is 6.92 Å². The maximum absolute atomic E-state index is 13.1. The summed E-state index contributed by atoms with van der Waals surface area (Å²) in [5.74, 6) is 0.261. The van der Waals surface area contributed by atoms with Crippen molar-refractivity contribution in [2.24, 2.45) is 5.92 Å². The van der Waals surface area contributed by atoms with Gasteiger partial charge in [-0.05, 0) is 42.9 Å². The third kappa shape index (κ3) is 3.86. The lowest BCUT2D eigenvalue weighted by atomic mass is 10.0. The van der Waals surface area contributed by atoms with Gasteiger partial charge in [0.2, 0.25) is 10.0 Å². The number of rotatable bonds is 4. The number of piperidine rings is 1. The molecule has 9 nitrogen and oxygen atoms in total. The SMILES string of the molecule is CC1CCCN(S(=O)(=O)c2ccc(N3CCc4c(sc(N)c4C#N)C3)c([N+](=O)[O-])c2)C1. The van der Waals surface area contributed by atoms with E-state index in [0.717, 1.165) is 23.3 Å². The Morgan fingerprint density at radius 1 is 1.35 bits per heavy atom. The second-order valence-electron chi connectivity index (χ2n) is 8.04. The summed E-state index contributed by atoms with van der Waals surface area (Å²) in [4.78, 5) is 14.0. The third-order valence-electron chi connectivity index (χ3n) is 5.94. The van der Waals surface area contributed by atoms with Crippen molar-refractivity contribution in [1.29, 1.82) is 5.26 Å². The number of nitro groups is 1. The van der Waals surface area contributed by atoms with E-state index in [9.17, 15) is 23.8 Å². The molecule has 0 spiro atoms. The molecule has 31 heavy (non-hydrogen) atoms. The van der Waals surface area contributed by atoms with Crippen molar-refractivity contribution in [3.05, 3.63) is 44.3 Å². The van der Waals surface area contributed by atoms with E-state index in [-0.39, 0.29) is 16.5 Å². The van der Waals surface area contributed by atoms with Crippen molar-refractivity contribution in [2.45, 2.75) is 37.6 Å². The van der Waals surface area contributed by atoms with Crippen LogP contribution < -0.4 is 10.6 Å². The van der Waals surface area contributed by atoms with Gasteiger partial charge in [-0.3, -0.25) is 10.1 Å². The normalized spacial score (nSPS) is 19.6. The van der Waals surface area contributed by atoms with Gasteiger partial charge in [0.05, 0.1) is 21.9 Å². The van der Waals surface area contributed by atoms with Crippen LogP contribution in [0.25, 0.3) is 0 Å². The first-order chi connectivity index (χ1) is 14.7. The molecule has 1 fully saturated rings. The van der Waals surface area contributed by atoms with E-state index in [2.05, 4.69) is 6.07 Å². The Bertz CT molecular complexity index is 1180. The smallest absolute Gasteiger partial charge is 0.293 e. The molecule has 0 amide bonds. The van der Waals surface area contributed by atoms with Gasteiger partial charge in [0.15, 0.2) is 0 Å². The fourth-order valence-electron chi connectivity index (χ4n) is 4.34. The van der Waals surface area contributed by atoms with Crippen molar-refractivity contribution in [2.75, 3.05) is 30.3 Å². The molecule has 3 heterocycles. The molecule has 2 aliphatic rings. The Balaban J connectivity index is 1.67. The van der Waals surface area contributed by atoms with Crippen LogP contribution in [0.1, 0.15) is 35.8 Å². The molecule has 2 N–H and O–H groups in total. The van der Waals surface area contributed by atoms with Gasteiger partial charge in [-0.2, -0.15) is 9.57 Å². The zero-order valence-corrected chi connectivity index (χ0v) is 18.7. The summed E-state index contributed by atoms with van der Waals surface area (Å²) < 4.78 is 27.6. The van der Waals surface area contributed by atoms with Gasteiger partial charge in [0.1, 0.15) is 16.8 Å². The number of nitrogen functional groups attached to an aromatic ring is 1. The largest absolute Gasteiger partial charge is 0.389 e. The molecule has 4 rings (SSSR count). The molecule has 1 saturated heterocycles. The fraction of sp³-hybridized carbons (Fsp3) is 0.450. The average Bonchev–Trinajstić information content (AvgIpc) is 3.07. The highest BCUT2D eigenvalue weighted by Gasteiger charge is 2.32. The van der Waals surface area contributed by atoms with E-state index in [0.29, 0.717) is 48.9 Å². The Morgan fingerprint density at radius 3 is 2.81 bits per heavy atom. The van der Waals surface area contributed by atoms with Crippen LogP contribution in [0.5, 0.6) is 0 Å². The van der Waals surface area contributed by atoms with Crippen LogP contribution in [-0.4, -0.2) is 37.3 Å². The molecule has 1 aromatic heterocycles. The van der Waals surface area contributed by atoms with Crippen LogP contribution in [0.3, 0.4) is 0 Å². The first-order valence-corrected chi connectivity index (χ1v) is 12.3. The molecular formula is C20H23N5O4S2. The highest BCUT2D eigenvalue weighted by atomic mass is 32.2. The van der Waals surface area contributed by atoms with Crippen LogP contribution in [0, 0.1) is 27.4 Å². The van der Waals surface area contributed by atoms with Crippen LogP contribution in [0.2, 0.25) is 0 Å². The molecular weight excluding hydrogens is 438 g/mol. The maximum atomic E-state index is 13.1. The Labute approximate surface area is 184 Å². The first kappa shape index (κ1) is 21.5. The van der Waals surface area contributed by atoms with E-state index >= 15 is 0 Å². The molecule has 1 unspecified atom stereocenters. The zero-order valence-electron chi connectivity index (χ0n) is 17.1. The molecule has 0 saturated carbocycles. The minimum absolute atomic E-state index is 0.0538. The molecule has 0 bridgehead atoms. The molecule has 0 aliphatic carbocycles. The van der Waals surface area contributed by atoms with Gasteiger partial charge >= 0.3 is 0 Å². The summed E-state index contributed by atoms with van der Waals surface area (Å²) in [5.41, 5.74) is 7.47. The van der Waals surface area contributed by atoms with Crippen molar-refractivity contribution in [3.63, 3.8) is 0 Å². The number of hydrogen-bond acceptors (Lipinski definition) is 8. The molecule has 164 valence electrons. The fourth-order valence-corrected chi connectivity index (χ4v) is 7.05. The maximum Gasteiger partial charge on any atom is 0.293 e. The predicted molar refractivity (Wildman–Crippen MR) is 118 cm³/mol. The third-order valence-corrected chi connectivity index (χ3v) is 8.84. The molecule has 11 heteroatoms. The van der Waals surface area contributed by atoms with Crippen molar-refractivity contribution >= 4 is 37.7 Å². The minimum Gasteiger partial charge on any atom is -0.389 e. The first-order valence-electron chi connectivity index (χ1n) is 10.1. The van der Waals surface area contributed by atoms with Gasteiger partial charge in [0, 0.05) is 30.6 Å². The molecule has 2 aromatic rings. The van der Waals surface area contributed by atoms with E-state index < -0.39 is 14.9 Å². The Morgan fingerprint density at radius 2 is 2.13 bits per heavy atom. The van der Waals surface area contributed by atoms with E-state index in [4.69, 9.17) is 5.73 Å². The lowest BCUT2D eigenvalue weighted by Gasteiger charge is -2.31. The second kappa shape index (κ2) is 8.11. The standard InChI is InChI=1S/C20H23N5O4S2/c1-13-3-2-7-24(11-13)31(28,29)14-4-5-17(18(9-14)25(26)27)23-8-6-15-16(10-21)20(22)30-19(15)12-23/h4-5,9,13H,2-3,6-8,11-12,22H2,1H3. The van der Waals surface area contributed by atoms with E-state index in [1.807, 2.05) is 11.8 Å². The van der Waals surface area contributed by atoms with Crippen LogP contribution in [0.15, 0.2) is 23.1 Å². The number of nitrogens with two attached hydrogens (primary N) is 1. The zero-order chi connectivity index (χ0) is 22.3. The minimum atomic E-state index is -3.79. The van der Waals surface area contributed by atoms with Gasteiger partial charge in [-0.25, -0.2) is 8.42 Å². The summed E-state index contributed by atoms with van der Waals surface area (Å²) in [7, 11) is -3.79. The number of fused-ring (bicyclic) bond motifs is 1. The summed E-state index contributed by atoms with van der Waals surface area (Å²) in [6.07, 6.45) is 2.31. The summed E-state index contributed by atoms with van der Waals surface area (Å²) in [6, 6.07) is 6.28. The monoisotopic (exact) mass is 461 g/mol. The number of hydrogen-bond donors (Lipinski definition) is 1. The molecule has 1 aromatic carbocycles. The van der Waals surface area contributed by atoms with E-state index in [1.54, 1.807) is 0 Å². The molecule has 0 radical (unpaired) electrons. The second-order valence-corrected chi connectivity index (χ2v) is 11.1. The number of nitrogens with zero attached hydrogens (tertiary/aromatic N) is 4. The van der Waals surface area contributed by atoms with Crippen LogP contribution in [-0.2, 0) is 23.0 Å². The average molecular weight is 462 g/mol. The van der Waals surface area contributed by atoms with Crippen molar-refractivity contribution in [1.82, 2.24) is 4.31 Å². The lowest BCUT2D eigenvalue weighted by molar-refractivity contribution is -0.384.